The summed E-state index contributed by atoms with van der Waals surface area (Å²) in [7, 11) is 0. The third-order valence-corrected chi connectivity index (χ3v) is 3.83. The quantitative estimate of drug-likeness (QED) is 0.810. The molecule has 0 aliphatic rings. The average Bonchev–Trinajstić information content (AvgIpc) is 2.61. The maximum absolute atomic E-state index is 12.1. The Kier molecular flexibility index (Phi) is 6.39. The molecule has 2 amide bonds. The first-order chi connectivity index (χ1) is 12.3. The van der Waals surface area contributed by atoms with Gasteiger partial charge in [0.05, 0.1) is 0 Å². The number of hydrogen-bond donors (Lipinski definition) is 2. The van der Waals surface area contributed by atoms with Crippen LogP contribution in [0, 0.1) is 0 Å². The van der Waals surface area contributed by atoms with E-state index in [0.29, 0.717) is 23.5 Å². The maximum atomic E-state index is 12.1. The summed E-state index contributed by atoms with van der Waals surface area (Å²) in [4.78, 5) is 23.5. The summed E-state index contributed by atoms with van der Waals surface area (Å²) >= 11 is 0. The minimum Gasteiger partial charge on any atom is -0.483 e. The van der Waals surface area contributed by atoms with Gasteiger partial charge in [0.15, 0.2) is 6.61 Å². The van der Waals surface area contributed by atoms with Crippen LogP contribution in [0.3, 0.4) is 0 Å². The summed E-state index contributed by atoms with van der Waals surface area (Å²) in [6, 6.07) is 14.7. The van der Waals surface area contributed by atoms with Gasteiger partial charge in [0.25, 0.3) is 5.91 Å². The van der Waals surface area contributed by atoms with E-state index in [1.54, 1.807) is 31.2 Å². The fraction of sp³-hybridized carbons (Fsp3) is 0.333. The minimum atomic E-state index is -0.237. The molecule has 0 saturated carbocycles. The Morgan fingerprint density at radius 3 is 1.96 bits per heavy atom. The van der Waals surface area contributed by atoms with Crippen molar-refractivity contribution < 1.29 is 14.3 Å². The normalized spacial score (nSPS) is 10.9. The van der Waals surface area contributed by atoms with Gasteiger partial charge in [-0.1, -0.05) is 45.9 Å². The highest BCUT2D eigenvalue weighted by Crippen LogP contribution is 2.30. The van der Waals surface area contributed by atoms with Crippen LogP contribution in [0.25, 0.3) is 0 Å². The van der Waals surface area contributed by atoms with Crippen molar-refractivity contribution in [3.05, 3.63) is 54.1 Å². The first kappa shape index (κ1) is 19.5. The highest BCUT2D eigenvalue weighted by molar-refractivity contribution is 5.93. The molecule has 0 aliphatic carbocycles. The summed E-state index contributed by atoms with van der Waals surface area (Å²) in [5.74, 6) is 0.430. The molecule has 0 aromatic heterocycles. The van der Waals surface area contributed by atoms with Crippen molar-refractivity contribution in [1.82, 2.24) is 0 Å². The van der Waals surface area contributed by atoms with Gasteiger partial charge in [0.2, 0.25) is 5.91 Å². The van der Waals surface area contributed by atoms with Crippen LogP contribution in [0.5, 0.6) is 5.75 Å². The average molecular weight is 354 g/mol. The standard InChI is InChI=1S/C21H26N2O3/c1-5-19(24)22-15-10-12-16(13-11-15)23-20(25)14-26-18-9-7-6-8-17(18)21(2,3)4/h6-13H,5,14H2,1-4H3,(H,22,24)(H,23,25). The first-order valence-electron chi connectivity index (χ1n) is 8.71. The molecule has 0 unspecified atom stereocenters. The van der Waals surface area contributed by atoms with E-state index in [9.17, 15) is 9.59 Å². The molecule has 2 rings (SSSR count). The van der Waals surface area contributed by atoms with Crippen molar-refractivity contribution in [1.29, 1.82) is 0 Å². The fourth-order valence-corrected chi connectivity index (χ4v) is 2.44. The predicted molar refractivity (Wildman–Crippen MR) is 105 cm³/mol. The lowest BCUT2D eigenvalue weighted by atomic mass is 9.86. The lowest BCUT2D eigenvalue weighted by Crippen LogP contribution is -2.22. The zero-order valence-corrected chi connectivity index (χ0v) is 15.8. The van der Waals surface area contributed by atoms with Gasteiger partial charge in [0.1, 0.15) is 5.75 Å². The van der Waals surface area contributed by atoms with Gasteiger partial charge in [-0.2, -0.15) is 0 Å². The maximum Gasteiger partial charge on any atom is 0.262 e. The number of para-hydroxylation sites is 1. The van der Waals surface area contributed by atoms with Crippen LogP contribution >= 0.6 is 0 Å². The van der Waals surface area contributed by atoms with Crippen molar-refractivity contribution in [2.75, 3.05) is 17.2 Å². The Balaban J connectivity index is 1.93. The van der Waals surface area contributed by atoms with E-state index >= 15 is 0 Å². The molecule has 2 N–H and O–H groups in total. The number of amides is 2. The number of ether oxygens (including phenoxy) is 1. The number of anilines is 2. The molecule has 0 bridgehead atoms. The Hall–Kier alpha value is -2.82. The fourth-order valence-electron chi connectivity index (χ4n) is 2.44. The van der Waals surface area contributed by atoms with Crippen LogP contribution < -0.4 is 15.4 Å². The van der Waals surface area contributed by atoms with Crippen molar-refractivity contribution in [3.8, 4) is 5.75 Å². The van der Waals surface area contributed by atoms with Gasteiger partial charge in [-0.25, -0.2) is 0 Å². The van der Waals surface area contributed by atoms with Crippen LogP contribution in [-0.2, 0) is 15.0 Å². The SMILES string of the molecule is CCC(=O)Nc1ccc(NC(=O)COc2ccccc2C(C)(C)C)cc1. The summed E-state index contributed by atoms with van der Waals surface area (Å²) in [5.41, 5.74) is 2.34. The van der Waals surface area contributed by atoms with Crippen molar-refractivity contribution >= 4 is 23.2 Å². The molecule has 2 aromatic carbocycles. The smallest absolute Gasteiger partial charge is 0.262 e. The molecule has 0 fully saturated rings. The van der Waals surface area contributed by atoms with Gasteiger partial charge >= 0.3 is 0 Å². The number of benzene rings is 2. The van der Waals surface area contributed by atoms with Crippen LogP contribution in [0.2, 0.25) is 0 Å². The topological polar surface area (TPSA) is 67.4 Å². The number of nitrogens with one attached hydrogen (secondary N) is 2. The molecule has 0 heterocycles. The van der Waals surface area contributed by atoms with Crippen molar-refractivity contribution in [2.24, 2.45) is 0 Å². The largest absolute Gasteiger partial charge is 0.483 e. The Bertz CT molecular complexity index is 762. The minimum absolute atomic E-state index is 0.0484. The molecule has 5 heteroatoms. The Labute approximate surface area is 154 Å². The molecule has 26 heavy (non-hydrogen) atoms. The summed E-state index contributed by atoms with van der Waals surface area (Å²) < 4.78 is 5.72. The monoisotopic (exact) mass is 354 g/mol. The summed E-state index contributed by atoms with van der Waals surface area (Å²) in [6.45, 7) is 8.04. The molecule has 0 aliphatic heterocycles. The molecule has 5 nitrogen and oxygen atoms in total. The lowest BCUT2D eigenvalue weighted by molar-refractivity contribution is -0.118. The van der Waals surface area contributed by atoms with Gasteiger partial charge in [0, 0.05) is 17.8 Å². The van der Waals surface area contributed by atoms with E-state index in [4.69, 9.17) is 4.74 Å². The zero-order chi connectivity index (χ0) is 19.2. The number of carbonyl (C=O) groups is 2. The third-order valence-electron chi connectivity index (χ3n) is 3.83. The Morgan fingerprint density at radius 1 is 0.885 bits per heavy atom. The molecule has 0 atom stereocenters. The van der Waals surface area contributed by atoms with Gasteiger partial charge < -0.3 is 15.4 Å². The lowest BCUT2D eigenvalue weighted by Gasteiger charge is -2.22. The van der Waals surface area contributed by atoms with Crippen molar-refractivity contribution in [3.63, 3.8) is 0 Å². The van der Waals surface area contributed by atoms with Gasteiger partial charge in [-0.15, -0.1) is 0 Å². The molecular formula is C21H26N2O3. The van der Waals surface area contributed by atoms with Crippen LogP contribution in [0.15, 0.2) is 48.5 Å². The van der Waals surface area contributed by atoms with E-state index in [0.717, 1.165) is 5.56 Å². The van der Waals surface area contributed by atoms with E-state index in [2.05, 4.69) is 31.4 Å². The highest BCUT2D eigenvalue weighted by atomic mass is 16.5. The van der Waals surface area contributed by atoms with Crippen LogP contribution in [-0.4, -0.2) is 18.4 Å². The molecule has 2 aromatic rings. The van der Waals surface area contributed by atoms with E-state index in [1.807, 2.05) is 24.3 Å². The van der Waals surface area contributed by atoms with Gasteiger partial charge in [-0.3, -0.25) is 9.59 Å². The summed E-state index contributed by atoms with van der Waals surface area (Å²) in [6.07, 6.45) is 0.422. The van der Waals surface area contributed by atoms with Gasteiger partial charge in [-0.05, 0) is 41.3 Å². The number of hydrogen-bond acceptors (Lipinski definition) is 3. The van der Waals surface area contributed by atoms with E-state index in [1.165, 1.54) is 0 Å². The van der Waals surface area contributed by atoms with Crippen LogP contribution in [0.4, 0.5) is 11.4 Å². The van der Waals surface area contributed by atoms with E-state index in [-0.39, 0.29) is 23.8 Å². The second-order valence-corrected chi connectivity index (χ2v) is 7.06. The molecule has 0 radical (unpaired) electrons. The first-order valence-corrected chi connectivity index (χ1v) is 8.71. The molecular weight excluding hydrogens is 328 g/mol. The second kappa shape index (κ2) is 8.52. The van der Waals surface area contributed by atoms with Crippen molar-refractivity contribution in [2.45, 2.75) is 39.5 Å². The second-order valence-electron chi connectivity index (χ2n) is 7.06. The highest BCUT2D eigenvalue weighted by Gasteiger charge is 2.18. The molecule has 138 valence electrons. The zero-order valence-electron chi connectivity index (χ0n) is 15.8. The Morgan fingerprint density at radius 2 is 1.42 bits per heavy atom. The van der Waals surface area contributed by atoms with Crippen LogP contribution in [0.1, 0.15) is 39.7 Å². The molecule has 0 saturated heterocycles. The number of rotatable bonds is 6. The number of carbonyl (C=O) groups excluding carboxylic acids is 2. The molecule has 0 spiro atoms. The third kappa shape index (κ3) is 5.62. The predicted octanol–water partition coefficient (Wildman–Crippen LogP) is 4.35. The van der Waals surface area contributed by atoms with E-state index < -0.39 is 0 Å². The summed E-state index contributed by atoms with van der Waals surface area (Å²) in [5, 5.41) is 5.55.